The molecule has 0 fully saturated rings. The van der Waals surface area contributed by atoms with Crippen molar-refractivity contribution in [1.29, 1.82) is 5.26 Å². The Kier molecular flexibility index (Phi) is 3.07. The molecular formula is C8H2F6N2. The Morgan fingerprint density at radius 2 is 1.88 bits per heavy atom. The standard InChI is InChI=1S/C8H2F6N2/c9-5-1-3(8(12,13)14)6(7(10)11)4(2-15)16-5/h1,7H. The molecule has 0 unspecified atom stereocenters. The molecule has 0 amide bonds. The van der Waals surface area contributed by atoms with Crippen LogP contribution in [-0.4, -0.2) is 4.98 Å². The van der Waals surface area contributed by atoms with Gasteiger partial charge in [-0.15, -0.1) is 0 Å². The van der Waals surface area contributed by atoms with Crippen LogP contribution in [0.3, 0.4) is 0 Å². The molecule has 1 aromatic rings. The molecule has 0 aromatic carbocycles. The summed E-state index contributed by atoms with van der Waals surface area (Å²) in [6.45, 7) is 0. The molecular weight excluding hydrogens is 238 g/mol. The Bertz CT molecular complexity index is 445. The van der Waals surface area contributed by atoms with E-state index in [-0.39, 0.29) is 6.07 Å². The molecule has 1 aromatic heterocycles. The number of hydrogen-bond donors (Lipinski definition) is 0. The maximum atomic E-state index is 12.6. The van der Waals surface area contributed by atoms with Gasteiger partial charge in [-0.1, -0.05) is 0 Å². The molecule has 8 heteroatoms. The van der Waals surface area contributed by atoms with Gasteiger partial charge >= 0.3 is 6.18 Å². The zero-order valence-corrected chi connectivity index (χ0v) is 7.32. The van der Waals surface area contributed by atoms with Crippen molar-refractivity contribution < 1.29 is 26.3 Å². The van der Waals surface area contributed by atoms with E-state index in [0.29, 0.717) is 0 Å². The van der Waals surface area contributed by atoms with Gasteiger partial charge in [-0.25, -0.2) is 13.8 Å². The third-order valence-corrected chi connectivity index (χ3v) is 1.66. The predicted molar refractivity (Wildman–Crippen MR) is 38.9 cm³/mol. The van der Waals surface area contributed by atoms with Gasteiger partial charge in [0.15, 0.2) is 5.69 Å². The van der Waals surface area contributed by atoms with E-state index in [4.69, 9.17) is 5.26 Å². The summed E-state index contributed by atoms with van der Waals surface area (Å²) in [5.41, 5.74) is -4.75. The highest BCUT2D eigenvalue weighted by Crippen LogP contribution is 2.37. The second-order valence-corrected chi connectivity index (χ2v) is 2.67. The van der Waals surface area contributed by atoms with E-state index >= 15 is 0 Å². The molecule has 0 saturated carbocycles. The minimum absolute atomic E-state index is 0.164. The zero-order chi connectivity index (χ0) is 12.5. The highest BCUT2D eigenvalue weighted by molar-refractivity contribution is 5.40. The van der Waals surface area contributed by atoms with Crippen LogP contribution in [0.2, 0.25) is 0 Å². The molecule has 0 radical (unpaired) electrons. The van der Waals surface area contributed by atoms with Gasteiger partial charge < -0.3 is 0 Å². The van der Waals surface area contributed by atoms with Crippen LogP contribution in [0.1, 0.15) is 23.2 Å². The minimum Gasteiger partial charge on any atom is -0.208 e. The maximum Gasteiger partial charge on any atom is 0.417 e. The Labute approximate surface area is 85.1 Å². The summed E-state index contributed by atoms with van der Waals surface area (Å²) in [6, 6.07) is 0.835. The first-order chi connectivity index (χ1) is 7.27. The highest BCUT2D eigenvalue weighted by Gasteiger charge is 2.38. The zero-order valence-electron chi connectivity index (χ0n) is 7.32. The summed E-state index contributed by atoms with van der Waals surface area (Å²) < 4.78 is 74.0. The van der Waals surface area contributed by atoms with Gasteiger partial charge in [-0.05, 0) is 0 Å². The molecule has 1 heterocycles. The molecule has 0 bridgehead atoms. The molecule has 16 heavy (non-hydrogen) atoms. The summed E-state index contributed by atoms with van der Waals surface area (Å²) in [7, 11) is 0. The molecule has 86 valence electrons. The van der Waals surface area contributed by atoms with Gasteiger partial charge in [0.25, 0.3) is 6.43 Å². The van der Waals surface area contributed by atoms with Crippen LogP contribution in [0, 0.1) is 17.3 Å². The number of aromatic nitrogens is 1. The SMILES string of the molecule is N#Cc1nc(F)cc(C(F)(F)F)c1C(F)F. The number of pyridine rings is 1. The monoisotopic (exact) mass is 240 g/mol. The van der Waals surface area contributed by atoms with Gasteiger partial charge in [0.1, 0.15) is 6.07 Å². The van der Waals surface area contributed by atoms with Gasteiger partial charge in [0.2, 0.25) is 5.95 Å². The Morgan fingerprint density at radius 3 is 2.25 bits per heavy atom. The van der Waals surface area contributed by atoms with E-state index in [1.54, 1.807) is 0 Å². The number of nitriles is 1. The largest absolute Gasteiger partial charge is 0.417 e. The quantitative estimate of drug-likeness (QED) is 0.558. The van der Waals surface area contributed by atoms with Crippen molar-refractivity contribution in [2.24, 2.45) is 0 Å². The minimum atomic E-state index is -5.17. The van der Waals surface area contributed by atoms with Crippen LogP contribution in [0.5, 0.6) is 0 Å². The summed E-state index contributed by atoms with van der Waals surface area (Å²) >= 11 is 0. The van der Waals surface area contributed by atoms with Crippen LogP contribution in [-0.2, 0) is 6.18 Å². The van der Waals surface area contributed by atoms with Gasteiger partial charge in [0.05, 0.1) is 11.1 Å². The Morgan fingerprint density at radius 1 is 1.31 bits per heavy atom. The Hall–Kier alpha value is -1.78. The molecule has 0 saturated heterocycles. The van der Waals surface area contributed by atoms with Crippen molar-refractivity contribution in [3.8, 4) is 6.07 Å². The highest BCUT2D eigenvalue weighted by atomic mass is 19.4. The molecule has 2 nitrogen and oxygen atoms in total. The van der Waals surface area contributed by atoms with Crippen molar-refractivity contribution >= 4 is 0 Å². The lowest BCUT2D eigenvalue weighted by Crippen LogP contribution is -2.13. The average molecular weight is 240 g/mol. The van der Waals surface area contributed by atoms with Crippen LogP contribution < -0.4 is 0 Å². The fourth-order valence-corrected chi connectivity index (χ4v) is 1.06. The number of rotatable bonds is 1. The van der Waals surface area contributed by atoms with Crippen molar-refractivity contribution in [2.75, 3.05) is 0 Å². The van der Waals surface area contributed by atoms with Crippen molar-refractivity contribution in [1.82, 2.24) is 4.98 Å². The normalized spacial score (nSPS) is 11.6. The summed E-state index contributed by atoms with van der Waals surface area (Å²) in [4.78, 5) is 2.68. The van der Waals surface area contributed by atoms with Crippen LogP contribution >= 0.6 is 0 Å². The first-order valence-corrected chi connectivity index (χ1v) is 3.73. The van der Waals surface area contributed by atoms with Crippen molar-refractivity contribution in [2.45, 2.75) is 12.6 Å². The van der Waals surface area contributed by atoms with E-state index in [9.17, 15) is 26.3 Å². The first kappa shape index (κ1) is 12.3. The second kappa shape index (κ2) is 4.00. The van der Waals surface area contributed by atoms with Crippen molar-refractivity contribution in [3.05, 3.63) is 28.8 Å². The summed E-state index contributed by atoms with van der Waals surface area (Å²) in [5, 5.41) is 8.30. The molecule has 0 aliphatic rings. The molecule has 0 aliphatic heterocycles. The second-order valence-electron chi connectivity index (χ2n) is 2.67. The fourth-order valence-electron chi connectivity index (χ4n) is 1.06. The van der Waals surface area contributed by atoms with Gasteiger partial charge in [0, 0.05) is 6.07 Å². The van der Waals surface area contributed by atoms with Crippen molar-refractivity contribution in [3.63, 3.8) is 0 Å². The molecule has 0 spiro atoms. The number of nitrogens with zero attached hydrogens (tertiary/aromatic N) is 2. The van der Waals surface area contributed by atoms with Gasteiger partial charge in [-0.3, -0.25) is 0 Å². The van der Waals surface area contributed by atoms with Crippen LogP contribution in [0.15, 0.2) is 6.07 Å². The number of hydrogen-bond acceptors (Lipinski definition) is 2. The lowest BCUT2D eigenvalue weighted by molar-refractivity contribution is -0.139. The average Bonchev–Trinajstić information content (AvgIpc) is 2.14. The van der Waals surface area contributed by atoms with Crippen LogP contribution in [0.25, 0.3) is 0 Å². The molecule has 0 atom stereocenters. The predicted octanol–water partition coefficient (Wildman–Crippen LogP) is 3.05. The number of alkyl halides is 5. The van der Waals surface area contributed by atoms with E-state index in [1.165, 1.54) is 0 Å². The topological polar surface area (TPSA) is 36.7 Å². The molecule has 1 rings (SSSR count). The Balaban J connectivity index is 3.59. The number of halogens is 6. The summed E-state index contributed by atoms with van der Waals surface area (Å²) in [6.07, 6.45) is -8.72. The lowest BCUT2D eigenvalue weighted by atomic mass is 10.1. The fraction of sp³-hybridized carbons (Fsp3) is 0.250. The third kappa shape index (κ3) is 2.24. The third-order valence-electron chi connectivity index (χ3n) is 1.66. The van der Waals surface area contributed by atoms with E-state index < -0.39 is 35.4 Å². The molecule has 0 aliphatic carbocycles. The van der Waals surface area contributed by atoms with Crippen LogP contribution in [0.4, 0.5) is 26.3 Å². The first-order valence-electron chi connectivity index (χ1n) is 3.73. The van der Waals surface area contributed by atoms with E-state index in [2.05, 4.69) is 4.98 Å². The molecule has 0 N–H and O–H groups in total. The van der Waals surface area contributed by atoms with E-state index in [0.717, 1.165) is 6.07 Å². The smallest absolute Gasteiger partial charge is 0.208 e. The summed E-state index contributed by atoms with van der Waals surface area (Å²) in [5.74, 6) is -1.63. The van der Waals surface area contributed by atoms with Gasteiger partial charge in [-0.2, -0.15) is 22.8 Å². The maximum absolute atomic E-state index is 12.6. The lowest BCUT2D eigenvalue weighted by Gasteiger charge is -2.12. The van der Waals surface area contributed by atoms with E-state index in [1.807, 2.05) is 0 Å².